The van der Waals surface area contributed by atoms with Crippen molar-refractivity contribution in [2.75, 3.05) is 17.7 Å². The van der Waals surface area contributed by atoms with Gasteiger partial charge >= 0.3 is 5.97 Å². The lowest BCUT2D eigenvalue weighted by Crippen LogP contribution is -2.13. The summed E-state index contributed by atoms with van der Waals surface area (Å²) in [7, 11) is 1.32. The second kappa shape index (κ2) is 8.30. The van der Waals surface area contributed by atoms with Gasteiger partial charge in [-0.25, -0.2) is 14.8 Å². The Hall–Kier alpha value is -3.74. The first-order chi connectivity index (χ1) is 13.5. The molecule has 7 nitrogen and oxygen atoms in total. The zero-order valence-electron chi connectivity index (χ0n) is 15.8. The van der Waals surface area contributed by atoms with Crippen LogP contribution >= 0.6 is 0 Å². The van der Waals surface area contributed by atoms with E-state index in [1.807, 2.05) is 32.0 Å². The minimum atomic E-state index is -0.432. The van der Waals surface area contributed by atoms with Gasteiger partial charge in [0.25, 0.3) is 5.91 Å². The van der Waals surface area contributed by atoms with Crippen LogP contribution in [0.15, 0.2) is 54.9 Å². The summed E-state index contributed by atoms with van der Waals surface area (Å²) < 4.78 is 4.65. The number of aromatic nitrogens is 2. The van der Waals surface area contributed by atoms with Gasteiger partial charge in [-0.3, -0.25) is 4.79 Å². The van der Waals surface area contributed by atoms with E-state index in [4.69, 9.17) is 0 Å². The first-order valence-corrected chi connectivity index (χ1v) is 8.63. The van der Waals surface area contributed by atoms with E-state index in [-0.39, 0.29) is 5.91 Å². The van der Waals surface area contributed by atoms with E-state index >= 15 is 0 Å². The molecule has 0 bridgehead atoms. The lowest BCUT2D eigenvalue weighted by Gasteiger charge is -2.10. The number of hydrogen-bond donors (Lipinski definition) is 2. The monoisotopic (exact) mass is 376 g/mol. The van der Waals surface area contributed by atoms with Crippen molar-refractivity contribution in [1.29, 1.82) is 0 Å². The number of nitrogens with one attached hydrogen (secondary N) is 2. The van der Waals surface area contributed by atoms with Crippen LogP contribution in [0.5, 0.6) is 0 Å². The lowest BCUT2D eigenvalue weighted by molar-refractivity contribution is 0.0600. The lowest BCUT2D eigenvalue weighted by atomic mass is 10.1. The minimum absolute atomic E-state index is 0.323. The number of nitrogens with zero attached hydrogens (tertiary/aromatic N) is 2. The van der Waals surface area contributed by atoms with Crippen LogP contribution in [0, 0.1) is 13.8 Å². The number of carbonyl (C=O) groups excluding carboxylic acids is 2. The minimum Gasteiger partial charge on any atom is -0.465 e. The number of ether oxygens (including phenoxy) is 1. The van der Waals surface area contributed by atoms with Gasteiger partial charge in [0.1, 0.15) is 0 Å². The standard InChI is InChI=1S/C21H20N4O3/c1-13-5-4-6-18(14(13)2)25-21-22-11-16(12-23-21)19(26)24-17-9-7-15(8-10-17)20(27)28-3/h4-12H,1-3H3,(H,24,26)(H,22,23,25). The van der Waals surface area contributed by atoms with Crippen LogP contribution in [0.2, 0.25) is 0 Å². The third kappa shape index (κ3) is 4.32. The molecule has 0 aliphatic rings. The van der Waals surface area contributed by atoms with Crippen molar-refractivity contribution in [3.8, 4) is 0 Å². The maximum atomic E-state index is 12.4. The predicted molar refractivity (Wildman–Crippen MR) is 107 cm³/mol. The highest BCUT2D eigenvalue weighted by Gasteiger charge is 2.10. The van der Waals surface area contributed by atoms with Crippen LogP contribution in [0.25, 0.3) is 0 Å². The molecule has 3 rings (SSSR count). The van der Waals surface area contributed by atoms with Gasteiger partial charge in [-0.05, 0) is 55.3 Å². The first-order valence-electron chi connectivity index (χ1n) is 8.63. The number of benzene rings is 2. The summed E-state index contributed by atoms with van der Waals surface area (Å²) in [5, 5.41) is 5.89. The van der Waals surface area contributed by atoms with Crippen LogP contribution in [0.3, 0.4) is 0 Å². The highest BCUT2D eigenvalue weighted by molar-refractivity contribution is 6.04. The molecule has 2 N–H and O–H groups in total. The van der Waals surface area contributed by atoms with E-state index in [0.717, 1.165) is 11.3 Å². The fourth-order valence-electron chi connectivity index (χ4n) is 2.53. The normalized spacial score (nSPS) is 10.2. The number of carbonyl (C=O) groups is 2. The summed E-state index contributed by atoms with van der Waals surface area (Å²) in [6, 6.07) is 12.3. The van der Waals surface area contributed by atoms with E-state index in [0.29, 0.717) is 22.8 Å². The Bertz CT molecular complexity index is 999. The first kappa shape index (κ1) is 19.0. The molecule has 0 saturated carbocycles. The number of aryl methyl sites for hydroxylation is 1. The van der Waals surface area contributed by atoms with Crippen molar-refractivity contribution >= 4 is 29.2 Å². The maximum absolute atomic E-state index is 12.4. The van der Waals surface area contributed by atoms with E-state index in [9.17, 15) is 9.59 Å². The molecule has 0 atom stereocenters. The Morgan fingerprint density at radius 1 is 0.929 bits per heavy atom. The average Bonchev–Trinajstić information content (AvgIpc) is 2.72. The van der Waals surface area contributed by atoms with Gasteiger partial charge in [0.15, 0.2) is 0 Å². The highest BCUT2D eigenvalue weighted by Crippen LogP contribution is 2.20. The predicted octanol–water partition coefficient (Wildman–Crippen LogP) is 3.88. The molecule has 1 aromatic heterocycles. The van der Waals surface area contributed by atoms with Crippen molar-refractivity contribution in [1.82, 2.24) is 9.97 Å². The fourth-order valence-corrected chi connectivity index (χ4v) is 2.53. The molecule has 28 heavy (non-hydrogen) atoms. The number of anilines is 3. The van der Waals surface area contributed by atoms with E-state index in [1.54, 1.807) is 24.3 Å². The van der Waals surface area contributed by atoms with Crippen molar-refractivity contribution in [3.63, 3.8) is 0 Å². The van der Waals surface area contributed by atoms with Crippen LogP contribution in [0.4, 0.5) is 17.3 Å². The molecule has 2 aromatic carbocycles. The van der Waals surface area contributed by atoms with Crippen molar-refractivity contribution in [2.24, 2.45) is 0 Å². The largest absolute Gasteiger partial charge is 0.465 e. The quantitative estimate of drug-likeness (QED) is 0.657. The van der Waals surface area contributed by atoms with Gasteiger partial charge in [-0.15, -0.1) is 0 Å². The van der Waals surface area contributed by atoms with Gasteiger partial charge in [0, 0.05) is 23.8 Å². The Labute approximate surface area is 162 Å². The third-order valence-electron chi connectivity index (χ3n) is 4.33. The van der Waals surface area contributed by atoms with Gasteiger partial charge in [-0.2, -0.15) is 0 Å². The molecule has 0 radical (unpaired) electrons. The highest BCUT2D eigenvalue weighted by atomic mass is 16.5. The van der Waals surface area contributed by atoms with Gasteiger partial charge < -0.3 is 15.4 Å². The molecular weight excluding hydrogens is 356 g/mol. The van der Waals surface area contributed by atoms with Crippen molar-refractivity contribution < 1.29 is 14.3 Å². The molecule has 0 aliphatic heterocycles. The fraction of sp³-hybridized carbons (Fsp3) is 0.143. The zero-order chi connectivity index (χ0) is 20.1. The molecule has 0 fully saturated rings. The zero-order valence-corrected chi connectivity index (χ0v) is 15.8. The second-order valence-electron chi connectivity index (χ2n) is 6.19. The molecule has 1 heterocycles. The number of rotatable bonds is 5. The molecule has 142 valence electrons. The van der Waals surface area contributed by atoms with Crippen molar-refractivity contribution in [2.45, 2.75) is 13.8 Å². The summed E-state index contributed by atoms with van der Waals surface area (Å²) >= 11 is 0. The van der Waals surface area contributed by atoms with E-state index < -0.39 is 5.97 Å². The smallest absolute Gasteiger partial charge is 0.337 e. The topological polar surface area (TPSA) is 93.2 Å². The summed E-state index contributed by atoms with van der Waals surface area (Å²) in [5.74, 6) is -0.366. The second-order valence-corrected chi connectivity index (χ2v) is 6.19. The average molecular weight is 376 g/mol. The SMILES string of the molecule is COC(=O)c1ccc(NC(=O)c2cnc(Nc3cccc(C)c3C)nc2)cc1. The van der Waals surface area contributed by atoms with E-state index in [1.165, 1.54) is 25.1 Å². The van der Waals surface area contributed by atoms with Crippen LogP contribution in [0.1, 0.15) is 31.8 Å². The maximum Gasteiger partial charge on any atom is 0.337 e. The van der Waals surface area contributed by atoms with Gasteiger partial charge in [0.2, 0.25) is 5.95 Å². The molecule has 7 heteroatoms. The number of methoxy groups -OCH3 is 1. The van der Waals surface area contributed by atoms with Crippen LogP contribution in [-0.2, 0) is 4.74 Å². The van der Waals surface area contributed by atoms with Crippen LogP contribution in [-0.4, -0.2) is 29.0 Å². The Morgan fingerprint density at radius 2 is 1.61 bits per heavy atom. The van der Waals surface area contributed by atoms with Gasteiger partial charge in [-0.1, -0.05) is 12.1 Å². The molecule has 3 aromatic rings. The summed E-state index contributed by atoms with van der Waals surface area (Å²) in [6.45, 7) is 4.05. The molecular formula is C21H20N4O3. The van der Waals surface area contributed by atoms with Gasteiger partial charge in [0.05, 0.1) is 18.2 Å². The van der Waals surface area contributed by atoms with Crippen molar-refractivity contribution in [3.05, 3.63) is 77.1 Å². The third-order valence-corrected chi connectivity index (χ3v) is 4.33. The molecule has 0 saturated heterocycles. The Morgan fingerprint density at radius 3 is 2.25 bits per heavy atom. The molecule has 0 aliphatic carbocycles. The summed E-state index contributed by atoms with van der Waals surface area (Å²) in [4.78, 5) is 32.2. The number of amides is 1. The summed E-state index contributed by atoms with van der Waals surface area (Å²) in [5.41, 5.74) is 4.48. The van der Waals surface area contributed by atoms with E-state index in [2.05, 4.69) is 25.3 Å². The van der Waals surface area contributed by atoms with Crippen LogP contribution < -0.4 is 10.6 Å². The number of hydrogen-bond acceptors (Lipinski definition) is 6. The summed E-state index contributed by atoms with van der Waals surface area (Å²) in [6.07, 6.45) is 2.91. The Kier molecular flexibility index (Phi) is 5.64. The molecule has 0 spiro atoms. The number of esters is 1. The molecule has 0 unspecified atom stereocenters. The Balaban J connectivity index is 1.66. The molecule has 1 amide bonds.